The molecule has 3 N–H and O–H groups in total. The fourth-order valence-corrected chi connectivity index (χ4v) is 2.76. The molecule has 0 atom stereocenters. The number of aryl methyl sites for hydroxylation is 1. The molecule has 1 heterocycles. The van der Waals surface area contributed by atoms with Crippen molar-refractivity contribution in [2.45, 2.75) is 71.4 Å². The third kappa shape index (κ3) is 4.91. The van der Waals surface area contributed by atoms with Gasteiger partial charge in [0.05, 0.1) is 5.69 Å². The summed E-state index contributed by atoms with van der Waals surface area (Å²) in [5.41, 5.74) is 4.33. The highest BCUT2D eigenvalue weighted by Crippen LogP contribution is 2.21. The van der Waals surface area contributed by atoms with Crippen LogP contribution in [0.3, 0.4) is 0 Å². The smallest absolute Gasteiger partial charge is 0.0794 e. The Morgan fingerprint density at radius 1 is 1.10 bits per heavy atom. The Morgan fingerprint density at radius 3 is 2.70 bits per heavy atom. The van der Waals surface area contributed by atoms with Gasteiger partial charge in [-0.05, 0) is 71.5 Å². The quantitative estimate of drug-likeness (QED) is 0.554. The van der Waals surface area contributed by atoms with Crippen LogP contribution in [0.2, 0.25) is 0 Å². The first-order chi connectivity index (χ1) is 9.56. The Balaban J connectivity index is 1.68. The number of nitrogens with zero attached hydrogens (tertiary/aromatic N) is 1. The minimum Gasteiger partial charge on any atom is -0.312 e. The summed E-state index contributed by atoms with van der Waals surface area (Å²) >= 11 is 0. The van der Waals surface area contributed by atoms with Crippen molar-refractivity contribution in [3.8, 4) is 0 Å². The van der Waals surface area contributed by atoms with Crippen LogP contribution in [0.1, 0.15) is 63.4 Å². The van der Waals surface area contributed by atoms with E-state index in [1.54, 1.807) is 0 Å². The van der Waals surface area contributed by atoms with Gasteiger partial charge in [-0.2, -0.15) is 5.10 Å². The van der Waals surface area contributed by atoms with Crippen LogP contribution < -0.4 is 10.6 Å². The molecule has 0 bridgehead atoms. The number of rotatable bonds is 6. The number of aromatic nitrogens is 2. The summed E-state index contributed by atoms with van der Waals surface area (Å²) in [6, 6.07) is 0. The van der Waals surface area contributed by atoms with Gasteiger partial charge < -0.3 is 10.6 Å². The van der Waals surface area contributed by atoms with E-state index >= 15 is 0 Å². The Hall–Kier alpha value is -0.870. The van der Waals surface area contributed by atoms with E-state index in [0.717, 1.165) is 26.1 Å². The van der Waals surface area contributed by atoms with Crippen molar-refractivity contribution in [2.24, 2.45) is 0 Å². The molecule has 1 aliphatic rings. The van der Waals surface area contributed by atoms with Crippen LogP contribution in [0.25, 0.3) is 0 Å². The van der Waals surface area contributed by atoms with Crippen LogP contribution >= 0.6 is 0 Å². The first-order valence-corrected chi connectivity index (χ1v) is 8.07. The average Bonchev–Trinajstić information content (AvgIpc) is 2.60. The number of nitrogens with one attached hydrogen (secondary N) is 3. The van der Waals surface area contributed by atoms with E-state index in [1.165, 1.54) is 49.1 Å². The standard InChI is InChI=1S/C16H30N4/c1-16(2,3)18-11-7-10-17-12-15-13-8-5-4-6-9-14(13)19-20-15/h17-18H,4-12H2,1-3H3,(H,19,20). The summed E-state index contributed by atoms with van der Waals surface area (Å²) in [7, 11) is 0. The average molecular weight is 278 g/mol. The predicted molar refractivity (Wildman–Crippen MR) is 83.9 cm³/mol. The second-order valence-electron chi connectivity index (χ2n) is 6.90. The largest absolute Gasteiger partial charge is 0.312 e. The lowest BCUT2D eigenvalue weighted by molar-refractivity contribution is 0.418. The van der Waals surface area contributed by atoms with Crippen molar-refractivity contribution in [2.75, 3.05) is 13.1 Å². The molecule has 4 heteroatoms. The summed E-state index contributed by atoms with van der Waals surface area (Å²) < 4.78 is 0. The van der Waals surface area contributed by atoms with Gasteiger partial charge in [-0.15, -0.1) is 0 Å². The van der Waals surface area contributed by atoms with Gasteiger partial charge in [0.2, 0.25) is 0 Å². The summed E-state index contributed by atoms with van der Waals surface area (Å²) in [6.07, 6.45) is 7.51. The highest BCUT2D eigenvalue weighted by molar-refractivity contribution is 5.26. The van der Waals surface area contributed by atoms with Gasteiger partial charge in [0.1, 0.15) is 0 Å². The Morgan fingerprint density at radius 2 is 1.90 bits per heavy atom. The van der Waals surface area contributed by atoms with Crippen molar-refractivity contribution in [3.63, 3.8) is 0 Å². The molecule has 114 valence electrons. The second-order valence-corrected chi connectivity index (χ2v) is 6.90. The molecule has 1 aliphatic carbocycles. The molecule has 1 aromatic heterocycles. The molecule has 0 amide bonds. The topological polar surface area (TPSA) is 52.7 Å². The molecule has 0 spiro atoms. The molecule has 0 saturated carbocycles. The fourth-order valence-electron chi connectivity index (χ4n) is 2.76. The van der Waals surface area contributed by atoms with Crippen molar-refractivity contribution in [1.29, 1.82) is 0 Å². The molecule has 2 rings (SSSR count). The van der Waals surface area contributed by atoms with Gasteiger partial charge >= 0.3 is 0 Å². The molecule has 1 aromatic rings. The minimum absolute atomic E-state index is 0.222. The normalized spacial score (nSPS) is 15.9. The van der Waals surface area contributed by atoms with E-state index in [4.69, 9.17) is 0 Å². The zero-order valence-corrected chi connectivity index (χ0v) is 13.3. The fraction of sp³-hybridized carbons (Fsp3) is 0.812. The Kier molecular flexibility index (Phi) is 5.61. The van der Waals surface area contributed by atoms with Gasteiger partial charge in [0.25, 0.3) is 0 Å². The van der Waals surface area contributed by atoms with Gasteiger partial charge in [0.15, 0.2) is 0 Å². The van der Waals surface area contributed by atoms with Crippen molar-refractivity contribution >= 4 is 0 Å². The SMILES string of the molecule is CC(C)(C)NCCCNCc1n[nH]c2c1CCCCC2. The van der Waals surface area contributed by atoms with E-state index in [1.807, 2.05) is 0 Å². The van der Waals surface area contributed by atoms with Crippen LogP contribution in [0.4, 0.5) is 0 Å². The van der Waals surface area contributed by atoms with Crippen molar-refractivity contribution in [1.82, 2.24) is 20.8 Å². The molecule has 0 saturated heterocycles. The number of hydrogen-bond acceptors (Lipinski definition) is 3. The maximum atomic E-state index is 4.49. The van der Waals surface area contributed by atoms with Crippen molar-refractivity contribution < 1.29 is 0 Å². The number of hydrogen-bond donors (Lipinski definition) is 3. The summed E-state index contributed by atoms with van der Waals surface area (Å²) in [6.45, 7) is 9.64. The Bertz CT molecular complexity index is 403. The molecule has 0 fully saturated rings. The zero-order valence-electron chi connectivity index (χ0n) is 13.3. The first kappa shape index (κ1) is 15.5. The molecule has 0 aromatic carbocycles. The summed E-state index contributed by atoms with van der Waals surface area (Å²) in [5.74, 6) is 0. The van der Waals surface area contributed by atoms with Crippen LogP contribution in [-0.2, 0) is 19.4 Å². The van der Waals surface area contributed by atoms with E-state index in [2.05, 4.69) is 41.6 Å². The Labute approximate surface area is 123 Å². The molecule has 20 heavy (non-hydrogen) atoms. The van der Waals surface area contributed by atoms with Gasteiger partial charge in [-0.3, -0.25) is 5.10 Å². The highest BCUT2D eigenvalue weighted by Gasteiger charge is 2.15. The maximum absolute atomic E-state index is 4.49. The van der Waals surface area contributed by atoms with Crippen LogP contribution in [0.5, 0.6) is 0 Å². The van der Waals surface area contributed by atoms with E-state index < -0.39 is 0 Å². The molecule has 0 unspecified atom stereocenters. The lowest BCUT2D eigenvalue weighted by Gasteiger charge is -2.20. The molecular weight excluding hydrogens is 248 g/mol. The minimum atomic E-state index is 0.222. The van der Waals surface area contributed by atoms with Gasteiger partial charge in [-0.25, -0.2) is 0 Å². The van der Waals surface area contributed by atoms with Gasteiger partial charge in [-0.1, -0.05) is 6.42 Å². The predicted octanol–water partition coefficient (Wildman–Crippen LogP) is 2.55. The third-order valence-corrected chi connectivity index (χ3v) is 3.87. The van der Waals surface area contributed by atoms with Gasteiger partial charge in [0, 0.05) is 17.8 Å². The van der Waals surface area contributed by atoms with Crippen LogP contribution in [0, 0.1) is 0 Å². The maximum Gasteiger partial charge on any atom is 0.0794 e. The number of aromatic amines is 1. The highest BCUT2D eigenvalue weighted by atomic mass is 15.1. The zero-order chi connectivity index (χ0) is 14.4. The molecule has 4 nitrogen and oxygen atoms in total. The number of fused-ring (bicyclic) bond motifs is 1. The second kappa shape index (κ2) is 7.23. The van der Waals surface area contributed by atoms with E-state index in [0.29, 0.717) is 0 Å². The van der Waals surface area contributed by atoms with Crippen LogP contribution in [0.15, 0.2) is 0 Å². The first-order valence-electron chi connectivity index (χ1n) is 8.07. The van der Waals surface area contributed by atoms with Crippen molar-refractivity contribution in [3.05, 3.63) is 17.0 Å². The third-order valence-electron chi connectivity index (χ3n) is 3.87. The molecule has 0 radical (unpaired) electrons. The lowest BCUT2D eigenvalue weighted by Crippen LogP contribution is -2.37. The number of H-pyrrole nitrogens is 1. The molecular formula is C16H30N4. The lowest BCUT2D eigenvalue weighted by atomic mass is 10.1. The monoisotopic (exact) mass is 278 g/mol. The van der Waals surface area contributed by atoms with Crippen LogP contribution in [-0.4, -0.2) is 28.8 Å². The van der Waals surface area contributed by atoms with E-state index in [-0.39, 0.29) is 5.54 Å². The summed E-state index contributed by atoms with van der Waals surface area (Å²) in [4.78, 5) is 0. The van der Waals surface area contributed by atoms with E-state index in [9.17, 15) is 0 Å². The summed E-state index contributed by atoms with van der Waals surface area (Å²) in [5, 5.41) is 14.8. The molecule has 0 aliphatic heterocycles.